The van der Waals surface area contributed by atoms with E-state index in [1.54, 1.807) is 6.07 Å². The number of fused-ring (bicyclic) bond motifs is 1. The van der Waals surface area contributed by atoms with Crippen molar-refractivity contribution < 1.29 is 22.3 Å². The normalized spacial score (nSPS) is 21.5. The van der Waals surface area contributed by atoms with E-state index in [0.29, 0.717) is 11.3 Å². The summed E-state index contributed by atoms with van der Waals surface area (Å²) in [7, 11) is 0. The largest absolute Gasteiger partial charge is 0.573 e. The fourth-order valence-corrected chi connectivity index (χ4v) is 3.94. The number of hydrogen-bond donors (Lipinski definition) is 0. The molecule has 136 valence electrons. The van der Waals surface area contributed by atoms with Crippen molar-refractivity contribution in [2.75, 3.05) is 0 Å². The Bertz CT molecular complexity index is 730. The van der Waals surface area contributed by atoms with Gasteiger partial charge in [-0.05, 0) is 54.5 Å². The van der Waals surface area contributed by atoms with Gasteiger partial charge >= 0.3 is 6.36 Å². The predicted molar refractivity (Wildman–Crippen MR) is 90.2 cm³/mol. The van der Waals surface area contributed by atoms with Crippen LogP contribution < -0.4 is 4.74 Å². The van der Waals surface area contributed by atoms with Crippen LogP contribution in [-0.2, 0) is 0 Å². The lowest BCUT2D eigenvalue weighted by atomic mass is 9.77. The van der Waals surface area contributed by atoms with Gasteiger partial charge in [0, 0.05) is 5.39 Å². The summed E-state index contributed by atoms with van der Waals surface area (Å²) in [4.78, 5) is 0. The summed E-state index contributed by atoms with van der Waals surface area (Å²) in [6.45, 7) is 2.21. The van der Waals surface area contributed by atoms with Crippen LogP contribution in [0.3, 0.4) is 0 Å². The molecule has 0 spiro atoms. The molecule has 1 fully saturated rings. The van der Waals surface area contributed by atoms with Crippen LogP contribution in [-0.4, -0.2) is 6.36 Å². The summed E-state index contributed by atoms with van der Waals surface area (Å²) >= 11 is 0. The molecule has 0 amide bonds. The highest BCUT2D eigenvalue weighted by Gasteiger charge is 2.32. The van der Waals surface area contributed by atoms with E-state index in [-0.39, 0.29) is 5.39 Å². The molecule has 0 aliphatic heterocycles. The number of halogens is 4. The minimum Gasteiger partial charge on any atom is -0.403 e. The van der Waals surface area contributed by atoms with Crippen LogP contribution >= 0.6 is 0 Å². The Kier molecular flexibility index (Phi) is 5.21. The molecule has 0 aromatic heterocycles. The smallest absolute Gasteiger partial charge is 0.403 e. The maximum absolute atomic E-state index is 14.3. The molecule has 0 heterocycles. The molecule has 1 saturated carbocycles. The standard InChI is InChI=1S/C20H22F4O/c1-2-3-13-4-6-14(7-5-13)15-8-10-17-16(12-15)9-11-18(19(17)21)25-20(22,23)24/h8-14H,2-7H2,1H3. The molecule has 1 nitrogen and oxygen atoms in total. The lowest BCUT2D eigenvalue weighted by Crippen LogP contribution is -2.18. The molecule has 0 atom stereocenters. The van der Waals surface area contributed by atoms with E-state index in [1.807, 2.05) is 12.1 Å². The van der Waals surface area contributed by atoms with Crippen molar-refractivity contribution in [2.24, 2.45) is 5.92 Å². The van der Waals surface area contributed by atoms with Gasteiger partial charge in [-0.15, -0.1) is 13.2 Å². The van der Waals surface area contributed by atoms with Gasteiger partial charge in [0.2, 0.25) is 0 Å². The molecule has 2 aromatic rings. The van der Waals surface area contributed by atoms with Crippen LogP contribution in [0.1, 0.15) is 56.9 Å². The van der Waals surface area contributed by atoms with Gasteiger partial charge in [-0.3, -0.25) is 0 Å². The summed E-state index contributed by atoms with van der Waals surface area (Å²) in [6, 6.07) is 7.86. The Morgan fingerprint density at radius 3 is 2.40 bits per heavy atom. The highest BCUT2D eigenvalue weighted by atomic mass is 19.4. The fourth-order valence-electron chi connectivity index (χ4n) is 3.94. The Hall–Kier alpha value is -1.78. The van der Waals surface area contributed by atoms with Crippen molar-refractivity contribution in [2.45, 2.75) is 57.7 Å². The summed E-state index contributed by atoms with van der Waals surface area (Å²) in [5.41, 5.74) is 1.14. The van der Waals surface area contributed by atoms with E-state index in [9.17, 15) is 17.6 Å². The zero-order valence-electron chi connectivity index (χ0n) is 14.2. The van der Waals surface area contributed by atoms with Gasteiger partial charge in [0.1, 0.15) is 0 Å². The SMILES string of the molecule is CCCC1CCC(c2ccc3c(F)c(OC(F)(F)F)ccc3c2)CC1. The average molecular weight is 354 g/mol. The fraction of sp³-hybridized carbons (Fsp3) is 0.500. The summed E-state index contributed by atoms with van der Waals surface area (Å²) < 4.78 is 55.0. The Morgan fingerprint density at radius 2 is 1.76 bits per heavy atom. The second-order valence-electron chi connectivity index (χ2n) is 6.91. The van der Waals surface area contributed by atoms with Gasteiger partial charge in [0.05, 0.1) is 0 Å². The first-order valence-corrected chi connectivity index (χ1v) is 8.85. The third kappa shape index (κ3) is 4.25. The highest BCUT2D eigenvalue weighted by molar-refractivity contribution is 5.85. The van der Waals surface area contributed by atoms with E-state index >= 15 is 0 Å². The summed E-state index contributed by atoms with van der Waals surface area (Å²) in [5, 5.41) is 0.769. The zero-order chi connectivity index (χ0) is 18.0. The number of alkyl halides is 3. The molecule has 25 heavy (non-hydrogen) atoms. The van der Waals surface area contributed by atoms with Crippen LogP contribution in [0.5, 0.6) is 5.75 Å². The summed E-state index contributed by atoms with van der Waals surface area (Å²) in [5.74, 6) is -0.492. The molecular weight excluding hydrogens is 332 g/mol. The molecule has 0 saturated heterocycles. The first kappa shape index (κ1) is 18.0. The van der Waals surface area contributed by atoms with Crippen LogP contribution in [0.4, 0.5) is 17.6 Å². The quantitative estimate of drug-likeness (QED) is 0.540. The third-order valence-corrected chi connectivity index (χ3v) is 5.18. The van der Waals surface area contributed by atoms with Crippen LogP contribution in [0.25, 0.3) is 10.8 Å². The Labute approximate surface area is 145 Å². The van der Waals surface area contributed by atoms with Crippen molar-refractivity contribution in [1.29, 1.82) is 0 Å². The van der Waals surface area contributed by atoms with E-state index in [1.165, 1.54) is 31.7 Å². The third-order valence-electron chi connectivity index (χ3n) is 5.18. The number of rotatable bonds is 4. The molecule has 1 aliphatic carbocycles. The number of ether oxygens (including phenoxy) is 1. The first-order chi connectivity index (χ1) is 11.9. The van der Waals surface area contributed by atoms with Gasteiger partial charge in [-0.2, -0.15) is 0 Å². The van der Waals surface area contributed by atoms with Crippen LogP contribution in [0, 0.1) is 11.7 Å². The number of hydrogen-bond acceptors (Lipinski definition) is 1. The van der Waals surface area contributed by atoms with Gasteiger partial charge in [-0.25, -0.2) is 4.39 Å². The van der Waals surface area contributed by atoms with Crippen LogP contribution in [0.2, 0.25) is 0 Å². The highest BCUT2D eigenvalue weighted by Crippen LogP contribution is 2.39. The van der Waals surface area contributed by atoms with E-state index in [0.717, 1.165) is 30.4 Å². The molecular formula is C20H22F4O. The molecule has 3 rings (SSSR count). The molecule has 0 bridgehead atoms. The topological polar surface area (TPSA) is 9.23 Å². The lowest BCUT2D eigenvalue weighted by Gasteiger charge is -2.28. The predicted octanol–water partition coefficient (Wildman–Crippen LogP) is 6.95. The molecule has 1 aliphatic rings. The molecule has 0 N–H and O–H groups in total. The minimum atomic E-state index is -4.90. The zero-order valence-corrected chi connectivity index (χ0v) is 14.2. The molecule has 5 heteroatoms. The van der Waals surface area contributed by atoms with Crippen molar-refractivity contribution >= 4 is 10.8 Å². The summed E-state index contributed by atoms with van der Waals surface area (Å²) in [6.07, 6.45) is 2.25. The molecule has 0 unspecified atom stereocenters. The maximum atomic E-state index is 14.3. The first-order valence-electron chi connectivity index (χ1n) is 8.85. The van der Waals surface area contributed by atoms with Crippen molar-refractivity contribution in [1.82, 2.24) is 0 Å². The second kappa shape index (κ2) is 7.22. The molecule has 0 radical (unpaired) electrons. The lowest BCUT2D eigenvalue weighted by molar-refractivity contribution is -0.275. The maximum Gasteiger partial charge on any atom is 0.573 e. The Morgan fingerprint density at radius 1 is 1.04 bits per heavy atom. The van der Waals surface area contributed by atoms with Gasteiger partial charge in [0.25, 0.3) is 0 Å². The van der Waals surface area contributed by atoms with Crippen molar-refractivity contribution in [3.8, 4) is 5.75 Å². The average Bonchev–Trinajstić information content (AvgIpc) is 2.57. The van der Waals surface area contributed by atoms with Gasteiger partial charge in [0.15, 0.2) is 11.6 Å². The second-order valence-corrected chi connectivity index (χ2v) is 6.91. The Balaban J connectivity index is 1.80. The molecule has 2 aromatic carbocycles. The monoisotopic (exact) mass is 354 g/mol. The minimum absolute atomic E-state index is 0.158. The van der Waals surface area contributed by atoms with Crippen LogP contribution in [0.15, 0.2) is 30.3 Å². The van der Waals surface area contributed by atoms with Crippen molar-refractivity contribution in [3.63, 3.8) is 0 Å². The van der Waals surface area contributed by atoms with Gasteiger partial charge in [-0.1, -0.05) is 44.0 Å². The number of benzene rings is 2. The van der Waals surface area contributed by atoms with E-state index in [2.05, 4.69) is 11.7 Å². The van der Waals surface area contributed by atoms with E-state index < -0.39 is 17.9 Å². The van der Waals surface area contributed by atoms with Gasteiger partial charge < -0.3 is 4.74 Å². The van der Waals surface area contributed by atoms with Crippen molar-refractivity contribution in [3.05, 3.63) is 41.7 Å². The van der Waals surface area contributed by atoms with E-state index in [4.69, 9.17) is 0 Å².